The van der Waals surface area contributed by atoms with Crippen LogP contribution in [-0.4, -0.2) is 102 Å². The van der Waals surface area contributed by atoms with E-state index in [4.69, 9.17) is 16.1 Å². The zero-order valence-corrected chi connectivity index (χ0v) is 28.3. The van der Waals surface area contributed by atoms with Crippen LogP contribution in [0.25, 0.3) is 32.9 Å². The van der Waals surface area contributed by atoms with Gasteiger partial charge in [-0.15, -0.1) is 6.42 Å². The minimum atomic E-state index is -0.976. The second-order valence-electron chi connectivity index (χ2n) is 14.3. The van der Waals surface area contributed by atoms with E-state index in [0.29, 0.717) is 50.1 Å². The van der Waals surface area contributed by atoms with Crippen molar-refractivity contribution < 1.29 is 27.8 Å². The fourth-order valence-electron chi connectivity index (χ4n) is 8.91. The van der Waals surface area contributed by atoms with Gasteiger partial charge in [0.05, 0.1) is 28.6 Å². The summed E-state index contributed by atoms with van der Waals surface area (Å²) < 4.78 is 54.0. The SMILES string of the molecule is C#Cc1c(F)ccc2cc(O)cc(-c3ncc4c(N5CC6CCC(C5)N6C(=O)n5ccc(C#N)n5)nc(OC[C@@]56CCCN5C[C@H](F)C6)nc4c3F)c12. The molecule has 0 spiro atoms. The van der Waals surface area contributed by atoms with E-state index in [1.807, 2.05) is 11.0 Å². The summed E-state index contributed by atoms with van der Waals surface area (Å²) in [5.74, 6) is 0.974. The minimum absolute atomic E-state index is 0.0817. The summed E-state index contributed by atoms with van der Waals surface area (Å²) in [6.45, 7) is 1.91. The largest absolute Gasteiger partial charge is 0.508 e. The molecule has 0 aliphatic carbocycles. The molecule has 2 bridgehead atoms. The van der Waals surface area contributed by atoms with Gasteiger partial charge in [0, 0.05) is 49.4 Å². The van der Waals surface area contributed by atoms with Crippen LogP contribution < -0.4 is 9.64 Å². The van der Waals surface area contributed by atoms with Crippen LogP contribution in [0.2, 0.25) is 0 Å². The maximum absolute atomic E-state index is 17.0. The molecule has 9 rings (SSSR count). The van der Waals surface area contributed by atoms with Crippen molar-refractivity contribution in [3.8, 4) is 41.4 Å². The molecule has 7 heterocycles. The number of hydrogen-bond donors (Lipinski definition) is 1. The number of nitriles is 1. The highest BCUT2D eigenvalue weighted by molar-refractivity contribution is 6.03. The standard InChI is InChI=1S/C38H32F3N9O3/c1-2-27-30(40)7-4-21-12-26(51)13-28(31(21)27)33-32(41)34-29(16-43-33)35(45-36(44-34)53-20-38-9-3-10-48(38)17-22(39)14-38)47-18-24-5-6-25(19-47)50(24)37(52)49-11-8-23(15-42)46-49/h1,4,7-8,11-13,16,22,24-25,51H,3,5-6,9-10,14,17-20H2/t22-,24?,25?,38+/m1/s1. The molecule has 268 valence electrons. The van der Waals surface area contributed by atoms with E-state index in [9.17, 15) is 23.9 Å². The molecular formula is C38H32F3N9O3. The quantitative estimate of drug-likeness (QED) is 0.243. The summed E-state index contributed by atoms with van der Waals surface area (Å²) in [6, 6.07) is 7.85. The molecule has 4 saturated heterocycles. The molecule has 53 heavy (non-hydrogen) atoms. The summed E-state index contributed by atoms with van der Waals surface area (Å²) in [7, 11) is 0. The average Bonchev–Trinajstić information content (AvgIpc) is 3.92. The number of pyridine rings is 1. The summed E-state index contributed by atoms with van der Waals surface area (Å²) in [4.78, 5) is 33.2. The summed E-state index contributed by atoms with van der Waals surface area (Å²) in [5.41, 5.74) is -0.725. The molecule has 1 N–H and O–H groups in total. The third-order valence-corrected chi connectivity index (χ3v) is 11.2. The molecule has 15 heteroatoms. The molecule has 4 aliphatic heterocycles. The van der Waals surface area contributed by atoms with Gasteiger partial charge in [-0.1, -0.05) is 12.0 Å². The van der Waals surface area contributed by atoms with Gasteiger partial charge in [-0.25, -0.2) is 18.0 Å². The van der Waals surface area contributed by atoms with Gasteiger partial charge in [-0.05, 0) is 61.9 Å². The number of halogens is 3. The van der Waals surface area contributed by atoms with E-state index < -0.39 is 23.3 Å². The van der Waals surface area contributed by atoms with Gasteiger partial charge in [0.2, 0.25) is 0 Å². The first-order chi connectivity index (χ1) is 25.7. The number of carbonyl (C=O) groups excluding carboxylic acids is 1. The molecule has 12 nitrogen and oxygen atoms in total. The maximum atomic E-state index is 17.0. The number of alkyl halides is 1. The first-order valence-corrected chi connectivity index (χ1v) is 17.5. The van der Waals surface area contributed by atoms with Gasteiger partial charge in [-0.2, -0.15) is 25.0 Å². The van der Waals surface area contributed by atoms with Crippen LogP contribution in [0.15, 0.2) is 42.7 Å². The Morgan fingerprint density at radius 3 is 2.70 bits per heavy atom. The summed E-state index contributed by atoms with van der Waals surface area (Å²) in [6.07, 6.45) is 11.0. The van der Waals surface area contributed by atoms with Crippen molar-refractivity contribution >= 4 is 33.5 Å². The molecule has 3 aromatic heterocycles. The first kappa shape index (κ1) is 32.9. The van der Waals surface area contributed by atoms with Crippen molar-refractivity contribution in [2.24, 2.45) is 0 Å². The van der Waals surface area contributed by atoms with Crippen LogP contribution >= 0.6 is 0 Å². The van der Waals surface area contributed by atoms with Crippen LogP contribution in [0.5, 0.6) is 11.8 Å². The molecule has 0 radical (unpaired) electrons. The Kier molecular flexibility index (Phi) is 7.67. The highest BCUT2D eigenvalue weighted by Gasteiger charge is 2.50. The first-order valence-electron chi connectivity index (χ1n) is 17.5. The highest BCUT2D eigenvalue weighted by atomic mass is 19.1. The molecular weight excluding hydrogens is 687 g/mol. The zero-order chi connectivity index (χ0) is 36.6. The number of anilines is 1. The Hall–Kier alpha value is -5.93. The number of phenolic OH excluding ortho intramolecular Hbond substituents is 1. The smallest absolute Gasteiger partial charge is 0.345 e. The number of terminal acetylenes is 1. The number of ether oxygens (including phenoxy) is 1. The maximum Gasteiger partial charge on any atom is 0.345 e. The number of amides is 1. The lowest BCUT2D eigenvalue weighted by molar-refractivity contribution is 0.107. The van der Waals surface area contributed by atoms with Crippen molar-refractivity contribution in [2.45, 2.75) is 55.9 Å². The van der Waals surface area contributed by atoms with E-state index in [1.165, 1.54) is 47.4 Å². The van der Waals surface area contributed by atoms with E-state index in [2.05, 4.69) is 25.9 Å². The Balaban J connectivity index is 1.14. The number of benzene rings is 2. The number of hydrogen-bond acceptors (Lipinski definition) is 10. The van der Waals surface area contributed by atoms with Gasteiger partial charge in [0.25, 0.3) is 0 Å². The van der Waals surface area contributed by atoms with Crippen LogP contribution in [0, 0.1) is 35.3 Å². The number of aromatic hydroxyl groups is 1. The number of piperazine rings is 1. The third-order valence-electron chi connectivity index (χ3n) is 11.2. The van der Waals surface area contributed by atoms with Crippen molar-refractivity contribution in [3.05, 3.63) is 65.6 Å². The molecule has 0 saturated carbocycles. The fraction of sp³-hybridized carbons (Fsp3) is 0.368. The van der Waals surface area contributed by atoms with Crippen LogP contribution in [0.4, 0.5) is 23.8 Å². The monoisotopic (exact) mass is 719 g/mol. The third kappa shape index (κ3) is 5.29. The van der Waals surface area contributed by atoms with Crippen molar-refractivity contribution in [1.82, 2.24) is 34.5 Å². The highest BCUT2D eigenvalue weighted by Crippen LogP contribution is 2.42. The number of rotatable bonds is 5. The lowest BCUT2D eigenvalue weighted by Gasteiger charge is -2.41. The Bertz CT molecular complexity index is 2410. The van der Waals surface area contributed by atoms with Gasteiger partial charge in [0.1, 0.15) is 47.4 Å². The van der Waals surface area contributed by atoms with Crippen LogP contribution in [0.1, 0.15) is 43.4 Å². The van der Waals surface area contributed by atoms with Crippen molar-refractivity contribution in [2.75, 3.05) is 37.7 Å². The van der Waals surface area contributed by atoms with Gasteiger partial charge >= 0.3 is 12.0 Å². The molecule has 2 unspecified atom stereocenters. The van der Waals surface area contributed by atoms with Crippen molar-refractivity contribution in [3.63, 3.8) is 0 Å². The zero-order valence-electron chi connectivity index (χ0n) is 28.3. The molecule has 4 fully saturated rings. The molecule has 4 atom stereocenters. The van der Waals surface area contributed by atoms with E-state index in [-0.39, 0.29) is 75.3 Å². The number of nitrogens with zero attached hydrogens (tertiary/aromatic N) is 9. The molecule has 2 aromatic carbocycles. The lowest BCUT2D eigenvalue weighted by Crippen LogP contribution is -2.57. The van der Waals surface area contributed by atoms with E-state index in [1.54, 1.807) is 4.90 Å². The minimum Gasteiger partial charge on any atom is -0.508 e. The van der Waals surface area contributed by atoms with E-state index in [0.717, 1.165) is 19.4 Å². The molecule has 1 amide bonds. The number of aromatic nitrogens is 5. The molecule has 4 aliphatic rings. The Morgan fingerprint density at radius 2 is 1.94 bits per heavy atom. The lowest BCUT2D eigenvalue weighted by atomic mass is 9.95. The number of phenols is 1. The molecule has 5 aromatic rings. The Labute approximate surface area is 301 Å². The van der Waals surface area contributed by atoms with Crippen LogP contribution in [-0.2, 0) is 0 Å². The topological polar surface area (TPSA) is 137 Å². The summed E-state index contributed by atoms with van der Waals surface area (Å²) >= 11 is 0. The average molecular weight is 720 g/mol. The second-order valence-corrected chi connectivity index (χ2v) is 14.3. The Morgan fingerprint density at radius 1 is 1.13 bits per heavy atom. The number of fused-ring (bicyclic) bond motifs is 5. The van der Waals surface area contributed by atoms with E-state index >= 15 is 4.39 Å². The van der Waals surface area contributed by atoms with Crippen molar-refractivity contribution in [1.29, 1.82) is 5.26 Å². The second kappa shape index (κ2) is 12.3. The summed E-state index contributed by atoms with van der Waals surface area (Å²) in [5, 5.41) is 24.8. The van der Waals surface area contributed by atoms with Gasteiger partial charge in [-0.3, -0.25) is 9.88 Å². The fourth-order valence-corrected chi connectivity index (χ4v) is 8.91. The van der Waals surface area contributed by atoms with Gasteiger partial charge in [0.15, 0.2) is 11.5 Å². The predicted molar refractivity (Wildman–Crippen MR) is 187 cm³/mol. The van der Waals surface area contributed by atoms with Gasteiger partial charge < -0.3 is 19.6 Å². The normalized spacial score (nSPS) is 23.8. The number of carbonyl (C=O) groups is 1. The predicted octanol–water partition coefficient (Wildman–Crippen LogP) is 5.15. The van der Waals surface area contributed by atoms with Crippen LogP contribution in [0.3, 0.4) is 0 Å².